The molecule has 4 aromatic rings. The van der Waals surface area contributed by atoms with Gasteiger partial charge < -0.3 is 5.11 Å². The van der Waals surface area contributed by atoms with Crippen LogP contribution in [0.25, 0.3) is 27.3 Å². The summed E-state index contributed by atoms with van der Waals surface area (Å²) in [5.41, 5.74) is 2.83. The fourth-order valence-corrected chi connectivity index (χ4v) is 5.06. The van der Waals surface area contributed by atoms with Gasteiger partial charge in [-0.2, -0.15) is 0 Å². The topological polar surface area (TPSA) is 80.4 Å². The van der Waals surface area contributed by atoms with Crippen molar-refractivity contribution in [3.8, 4) is 11.4 Å². The van der Waals surface area contributed by atoms with Crippen LogP contribution in [0.1, 0.15) is 34.1 Å². The van der Waals surface area contributed by atoms with E-state index in [1.54, 1.807) is 46.4 Å². The molecule has 0 bridgehead atoms. The Morgan fingerprint density at radius 1 is 1.35 bits per heavy atom. The largest absolute Gasteiger partial charge is 0.478 e. The highest BCUT2D eigenvalue weighted by Crippen LogP contribution is 2.38. The Morgan fingerprint density at radius 2 is 2.19 bits per heavy atom. The van der Waals surface area contributed by atoms with Crippen molar-refractivity contribution in [2.75, 3.05) is 0 Å². The summed E-state index contributed by atoms with van der Waals surface area (Å²) in [6.45, 7) is 2.29. The maximum absolute atomic E-state index is 11.5. The van der Waals surface area contributed by atoms with Crippen LogP contribution in [0.4, 0.5) is 0 Å². The van der Waals surface area contributed by atoms with Gasteiger partial charge >= 0.3 is 5.97 Å². The number of aromatic carboxylic acids is 1. The normalized spacial score (nSPS) is 16.9. The molecule has 0 fully saturated rings. The summed E-state index contributed by atoms with van der Waals surface area (Å²) in [5, 5.41) is 15.0. The zero-order chi connectivity index (χ0) is 17.8. The SMILES string of the molecule is C[C@H]1CCc2c(sc3ncn4nc(-c5ccccc5C(=O)O)nc4c23)C1. The van der Waals surface area contributed by atoms with E-state index in [0.717, 1.165) is 28.7 Å². The monoisotopic (exact) mass is 364 g/mol. The first-order valence-electron chi connectivity index (χ1n) is 8.60. The summed E-state index contributed by atoms with van der Waals surface area (Å²) in [6.07, 6.45) is 4.96. The number of rotatable bonds is 2. The zero-order valence-electron chi connectivity index (χ0n) is 14.1. The molecule has 5 rings (SSSR count). The molecule has 0 saturated carbocycles. The van der Waals surface area contributed by atoms with Gasteiger partial charge in [-0.05, 0) is 36.8 Å². The van der Waals surface area contributed by atoms with E-state index in [1.807, 2.05) is 0 Å². The van der Waals surface area contributed by atoms with E-state index in [2.05, 4.69) is 17.0 Å². The first-order valence-corrected chi connectivity index (χ1v) is 9.42. The third-order valence-electron chi connectivity index (χ3n) is 5.03. The fraction of sp³-hybridized carbons (Fsp3) is 0.263. The van der Waals surface area contributed by atoms with Gasteiger partial charge in [0, 0.05) is 10.4 Å². The average molecular weight is 364 g/mol. The van der Waals surface area contributed by atoms with Crippen LogP contribution in [0.5, 0.6) is 0 Å². The van der Waals surface area contributed by atoms with Crippen LogP contribution in [0.15, 0.2) is 30.6 Å². The molecule has 0 amide bonds. The maximum atomic E-state index is 11.5. The van der Waals surface area contributed by atoms with Crippen molar-refractivity contribution in [3.05, 3.63) is 46.6 Å². The molecule has 0 unspecified atom stereocenters. The van der Waals surface area contributed by atoms with Crippen molar-refractivity contribution in [1.82, 2.24) is 19.6 Å². The molecule has 26 heavy (non-hydrogen) atoms. The minimum Gasteiger partial charge on any atom is -0.478 e. The number of hydrogen-bond donors (Lipinski definition) is 1. The van der Waals surface area contributed by atoms with E-state index in [0.29, 0.717) is 17.3 Å². The third kappa shape index (κ3) is 2.24. The van der Waals surface area contributed by atoms with Gasteiger partial charge in [0.05, 0.1) is 10.9 Å². The van der Waals surface area contributed by atoms with E-state index in [1.165, 1.54) is 16.9 Å². The number of carbonyl (C=O) groups is 1. The highest BCUT2D eigenvalue weighted by atomic mass is 32.1. The fourth-order valence-electron chi connectivity index (χ4n) is 3.72. The van der Waals surface area contributed by atoms with Crippen LogP contribution >= 0.6 is 11.3 Å². The van der Waals surface area contributed by atoms with E-state index < -0.39 is 5.97 Å². The Hall–Kier alpha value is -2.80. The standard InChI is InChI=1S/C19H16N4O2S/c1-10-6-7-13-14(8-10)26-18-15(13)17-21-16(22-23(17)9-20-18)11-4-2-3-5-12(11)19(24)25/h2-5,9-10H,6-8H2,1H3,(H,24,25)/t10-/m0/s1. The summed E-state index contributed by atoms with van der Waals surface area (Å²) in [6, 6.07) is 6.83. The molecule has 0 saturated heterocycles. The predicted molar refractivity (Wildman–Crippen MR) is 99.7 cm³/mol. The number of benzene rings is 1. The Bertz CT molecular complexity index is 1180. The van der Waals surface area contributed by atoms with E-state index >= 15 is 0 Å². The number of fused-ring (bicyclic) bond motifs is 5. The lowest BCUT2D eigenvalue weighted by Gasteiger charge is -2.17. The second kappa shape index (κ2) is 5.60. The summed E-state index contributed by atoms with van der Waals surface area (Å²) >= 11 is 1.75. The maximum Gasteiger partial charge on any atom is 0.336 e. The molecule has 3 aromatic heterocycles. The molecule has 130 valence electrons. The number of carboxylic acids is 1. The van der Waals surface area contributed by atoms with Crippen LogP contribution in [0.3, 0.4) is 0 Å². The summed E-state index contributed by atoms with van der Waals surface area (Å²) < 4.78 is 1.67. The van der Waals surface area contributed by atoms with Crippen molar-refractivity contribution >= 4 is 33.2 Å². The smallest absolute Gasteiger partial charge is 0.336 e. The molecule has 1 N–H and O–H groups in total. The van der Waals surface area contributed by atoms with Crippen molar-refractivity contribution < 1.29 is 9.90 Å². The molecule has 1 aromatic carbocycles. The minimum absolute atomic E-state index is 0.203. The Morgan fingerprint density at radius 3 is 3.04 bits per heavy atom. The lowest BCUT2D eigenvalue weighted by atomic mass is 9.89. The van der Waals surface area contributed by atoms with Crippen LogP contribution < -0.4 is 0 Å². The molecule has 6 nitrogen and oxygen atoms in total. The molecular formula is C19H16N4O2S. The minimum atomic E-state index is -0.982. The Balaban J connectivity index is 1.76. The van der Waals surface area contributed by atoms with Gasteiger partial charge in [0.1, 0.15) is 11.2 Å². The second-order valence-electron chi connectivity index (χ2n) is 6.83. The van der Waals surface area contributed by atoms with Crippen molar-refractivity contribution in [1.29, 1.82) is 0 Å². The molecule has 1 aliphatic carbocycles. The molecule has 3 heterocycles. The van der Waals surface area contributed by atoms with Gasteiger partial charge in [-0.1, -0.05) is 25.1 Å². The van der Waals surface area contributed by atoms with Gasteiger partial charge in [-0.3, -0.25) is 0 Å². The van der Waals surface area contributed by atoms with Crippen LogP contribution in [-0.2, 0) is 12.8 Å². The van der Waals surface area contributed by atoms with Crippen LogP contribution in [-0.4, -0.2) is 30.7 Å². The summed E-state index contributed by atoms with van der Waals surface area (Å²) in [5.74, 6) is 0.133. The molecule has 0 spiro atoms. The quantitative estimate of drug-likeness (QED) is 0.585. The molecule has 0 aliphatic heterocycles. The van der Waals surface area contributed by atoms with Crippen molar-refractivity contribution in [2.24, 2.45) is 5.92 Å². The predicted octanol–water partition coefficient (Wildman–Crippen LogP) is 3.83. The average Bonchev–Trinajstić information content (AvgIpc) is 3.21. The van der Waals surface area contributed by atoms with Gasteiger partial charge in [0.25, 0.3) is 0 Å². The zero-order valence-corrected chi connectivity index (χ0v) is 15.0. The molecule has 1 atom stereocenters. The Kier molecular flexibility index (Phi) is 3.33. The third-order valence-corrected chi connectivity index (χ3v) is 6.19. The lowest BCUT2D eigenvalue weighted by Crippen LogP contribution is -2.08. The highest BCUT2D eigenvalue weighted by Gasteiger charge is 2.24. The molecule has 7 heteroatoms. The number of nitrogens with zero attached hydrogens (tertiary/aromatic N) is 4. The van der Waals surface area contributed by atoms with Gasteiger partial charge in [0.2, 0.25) is 0 Å². The highest BCUT2D eigenvalue weighted by molar-refractivity contribution is 7.19. The molecule has 1 aliphatic rings. The summed E-state index contributed by atoms with van der Waals surface area (Å²) in [4.78, 5) is 23.2. The Labute approximate surface area is 153 Å². The number of aryl methyl sites for hydroxylation is 1. The number of aromatic nitrogens is 4. The number of hydrogen-bond acceptors (Lipinski definition) is 5. The van der Waals surface area contributed by atoms with Crippen molar-refractivity contribution in [3.63, 3.8) is 0 Å². The van der Waals surface area contributed by atoms with Gasteiger partial charge in [-0.25, -0.2) is 19.3 Å². The molecule has 0 radical (unpaired) electrons. The summed E-state index contributed by atoms with van der Waals surface area (Å²) in [7, 11) is 0. The van der Waals surface area contributed by atoms with Gasteiger partial charge in [0.15, 0.2) is 11.5 Å². The van der Waals surface area contributed by atoms with Gasteiger partial charge in [-0.15, -0.1) is 16.4 Å². The van der Waals surface area contributed by atoms with Crippen molar-refractivity contribution in [2.45, 2.75) is 26.2 Å². The first-order chi connectivity index (χ1) is 12.6. The molecular weight excluding hydrogens is 348 g/mol. The van der Waals surface area contributed by atoms with E-state index in [9.17, 15) is 9.90 Å². The number of carboxylic acid groups (broad SMARTS) is 1. The second-order valence-corrected chi connectivity index (χ2v) is 7.91. The van der Waals surface area contributed by atoms with E-state index in [-0.39, 0.29) is 5.56 Å². The van der Waals surface area contributed by atoms with E-state index in [4.69, 9.17) is 4.98 Å². The van der Waals surface area contributed by atoms with Crippen LogP contribution in [0, 0.1) is 5.92 Å². The number of thiophene rings is 1. The lowest BCUT2D eigenvalue weighted by molar-refractivity contribution is 0.0697. The van der Waals surface area contributed by atoms with Crippen LogP contribution in [0.2, 0.25) is 0 Å². The first kappa shape index (κ1) is 15.5.